The van der Waals surface area contributed by atoms with Gasteiger partial charge in [-0.25, -0.2) is 15.0 Å². The minimum atomic E-state index is -4.36. The van der Waals surface area contributed by atoms with Gasteiger partial charge < -0.3 is 14.7 Å². The predicted molar refractivity (Wildman–Crippen MR) is 102 cm³/mol. The number of anilines is 3. The van der Waals surface area contributed by atoms with E-state index in [0.717, 1.165) is 63.0 Å². The maximum atomic E-state index is 12.7. The standard InChI is InChI=1S/C19H23F3N6/c20-19(21,22)15-4-5-16(23-13-15)27-8-3-9-28(11-10-27)18-12-17(24-14-25-18)26-6-1-2-7-26/h4-5,12-14H,1-3,6-11H2. The molecule has 4 rings (SSSR count). The van der Waals surface area contributed by atoms with Crippen LogP contribution < -0.4 is 14.7 Å². The molecule has 28 heavy (non-hydrogen) atoms. The Morgan fingerprint density at radius 1 is 0.679 bits per heavy atom. The molecule has 0 atom stereocenters. The molecule has 2 fully saturated rings. The first-order valence-corrected chi connectivity index (χ1v) is 9.61. The Morgan fingerprint density at radius 2 is 1.25 bits per heavy atom. The van der Waals surface area contributed by atoms with Gasteiger partial charge in [0.05, 0.1) is 5.56 Å². The van der Waals surface area contributed by atoms with Crippen LogP contribution in [0.15, 0.2) is 30.7 Å². The Balaban J connectivity index is 1.43. The smallest absolute Gasteiger partial charge is 0.356 e. The van der Waals surface area contributed by atoms with Crippen molar-refractivity contribution >= 4 is 17.5 Å². The average molecular weight is 392 g/mol. The van der Waals surface area contributed by atoms with Crippen LogP contribution in [0.3, 0.4) is 0 Å². The molecule has 2 aliphatic heterocycles. The fourth-order valence-corrected chi connectivity index (χ4v) is 3.75. The van der Waals surface area contributed by atoms with Crippen LogP contribution in [0.4, 0.5) is 30.6 Å². The number of halogens is 3. The first-order valence-electron chi connectivity index (χ1n) is 9.61. The van der Waals surface area contributed by atoms with Gasteiger partial charge in [-0.1, -0.05) is 0 Å². The highest BCUT2D eigenvalue weighted by Crippen LogP contribution is 2.29. The second-order valence-electron chi connectivity index (χ2n) is 7.16. The van der Waals surface area contributed by atoms with Crippen molar-refractivity contribution in [3.8, 4) is 0 Å². The summed E-state index contributed by atoms with van der Waals surface area (Å²) < 4.78 is 38.2. The third kappa shape index (κ3) is 4.13. The highest BCUT2D eigenvalue weighted by Gasteiger charge is 2.31. The van der Waals surface area contributed by atoms with Crippen LogP contribution in [-0.4, -0.2) is 54.2 Å². The highest BCUT2D eigenvalue weighted by molar-refractivity contribution is 5.51. The van der Waals surface area contributed by atoms with Gasteiger partial charge in [0.1, 0.15) is 23.8 Å². The third-order valence-corrected chi connectivity index (χ3v) is 5.29. The quantitative estimate of drug-likeness (QED) is 0.800. The molecule has 2 aromatic heterocycles. The Labute approximate surface area is 162 Å². The summed E-state index contributed by atoms with van der Waals surface area (Å²) in [6, 6.07) is 4.59. The molecule has 0 aliphatic carbocycles. The van der Waals surface area contributed by atoms with Crippen molar-refractivity contribution < 1.29 is 13.2 Å². The highest BCUT2D eigenvalue weighted by atomic mass is 19.4. The molecule has 2 saturated heterocycles. The summed E-state index contributed by atoms with van der Waals surface area (Å²) in [4.78, 5) is 19.4. The Bertz CT molecular complexity index is 789. The zero-order valence-electron chi connectivity index (χ0n) is 15.6. The summed E-state index contributed by atoms with van der Waals surface area (Å²) >= 11 is 0. The predicted octanol–water partition coefficient (Wildman–Crippen LogP) is 3.21. The molecule has 0 N–H and O–H groups in total. The van der Waals surface area contributed by atoms with Crippen LogP contribution in [0.2, 0.25) is 0 Å². The van der Waals surface area contributed by atoms with Crippen molar-refractivity contribution in [2.75, 3.05) is 54.0 Å². The number of aromatic nitrogens is 3. The van der Waals surface area contributed by atoms with Gasteiger partial charge >= 0.3 is 6.18 Å². The molecule has 6 nitrogen and oxygen atoms in total. The van der Waals surface area contributed by atoms with Crippen molar-refractivity contribution in [3.63, 3.8) is 0 Å². The lowest BCUT2D eigenvalue weighted by Gasteiger charge is -2.24. The van der Waals surface area contributed by atoms with E-state index in [9.17, 15) is 13.2 Å². The summed E-state index contributed by atoms with van der Waals surface area (Å²) in [5.41, 5.74) is -0.719. The maximum Gasteiger partial charge on any atom is 0.417 e. The lowest BCUT2D eigenvalue weighted by molar-refractivity contribution is -0.137. The van der Waals surface area contributed by atoms with E-state index in [4.69, 9.17) is 0 Å². The average Bonchev–Trinajstić information content (AvgIpc) is 3.12. The van der Waals surface area contributed by atoms with Gasteiger partial charge in [0.15, 0.2) is 0 Å². The number of pyridine rings is 1. The molecule has 150 valence electrons. The van der Waals surface area contributed by atoms with Crippen molar-refractivity contribution in [2.45, 2.75) is 25.4 Å². The normalized spacial score (nSPS) is 18.5. The van der Waals surface area contributed by atoms with Gasteiger partial charge in [-0.2, -0.15) is 13.2 Å². The summed E-state index contributed by atoms with van der Waals surface area (Å²) in [7, 11) is 0. The summed E-state index contributed by atoms with van der Waals surface area (Å²) in [5.74, 6) is 2.45. The SMILES string of the molecule is FC(F)(F)c1ccc(N2CCCN(c3cc(N4CCCC4)ncn3)CC2)nc1. The van der Waals surface area contributed by atoms with E-state index < -0.39 is 11.7 Å². The van der Waals surface area contributed by atoms with E-state index >= 15 is 0 Å². The molecular formula is C19H23F3N6. The second-order valence-corrected chi connectivity index (χ2v) is 7.16. The van der Waals surface area contributed by atoms with Crippen LogP contribution in [0.5, 0.6) is 0 Å². The number of hydrogen-bond donors (Lipinski definition) is 0. The lowest BCUT2D eigenvalue weighted by Crippen LogP contribution is -2.32. The van der Waals surface area contributed by atoms with Gasteiger partial charge in [0.25, 0.3) is 0 Å². The fraction of sp³-hybridized carbons (Fsp3) is 0.526. The zero-order chi connectivity index (χ0) is 19.6. The van der Waals surface area contributed by atoms with Crippen LogP contribution in [0.1, 0.15) is 24.8 Å². The van der Waals surface area contributed by atoms with Crippen molar-refractivity contribution in [1.82, 2.24) is 15.0 Å². The summed E-state index contributed by atoms with van der Waals surface area (Å²) in [6.45, 7) is 5.07. The number of alkyl halides is 3. The molecule has 0 bridgehead atoms. The first kappa shape index (κ1) is 18.8. The Morgan fingerprint density at radius 3 is 1.82 bits per heavy atom. The van der Waals surface area contributed by atoms with Crippen molar-refractivity contribution in [1.29, 1.82) is 0 Å². The van der Waals surface area contributed by atoms with Crippen LogP contribution in [0, 0.1) is 0 Å². The lowest BCUT2D eigenvalue weighted by atomic mass is 10.2. The number of hydrogen-bond acceptors (Lipinski definition) is 6. The van der Waals surface area contributed by atoms with Gasteiger partial charge in [0.2, 0.25) is 0 Å². The molecule has 0 radical (unpaired) electrons. The van der Waals surface area contributed by atoms with Crippen LogP contribution >= 0.6 is 0 Å². The van der Waals surface area contributed by atoms with E-state index in [-0.39, 0.29) is 0 Å². The van der Waals surface area contributed by atoms with Gasteiger partial charge in [0, 0.05) is 51.5 Å². The number of nitrogens with zero attached hydrogens (tertiary/aromatic N) is 6. The maximum absolute atomic E-state index is 12.7. The minimum absolute atomic E-state index is 0.579. The van der Waals surface area contributed by atoms with Crippen LogP contribution in [-0.2, 0) is 6.18 Å². The van der Waals surface area contributed by atoms with Gasteiger partial charge in [-0.05, 0) is 31.4 Å². The molecule has 2 aliphatic rings. The molecule has 0 unspecified atom stereocenters. The van der Waals surface area contributed by atoms with E-state index in [0.29, 0.717) is 12.4 Å². The second kappa shape index (κ2) is 7.81. The van der Waals surface area contributed by atoms with E-state index in [1.807, 2.05) is 11.0 Å². The molecule has 4 heterocycles. The molecule has 0 aromatic carbocycles. The van der Waals surface area contributed by atoms with E-state index in [1.54, 1.807) is 6.33 Å². The third-order valence-electron chi connectivity index (χ3n) is 5.29. The van der Waals surface area contributed by atoms with E-state index in [1.165, 1.54) is 18.9 Å². The molecule has 2 aromatic rings. The minimum Gasteiger partial charge on any atom is -0.356 e. The van der Waals surface area contributed by atoms with Gasteiger partial charge in [-0.15, -0.1) is 0 Å². The van der Waals surface area contributed by atoms with Gasteiger partial charge in [-0.3, -0.25) is 0 Å². The Hall–Kier alpha value is -2.58. The molecule has 0 saturated carbocycles. The summed E-state index contributed by atoms with van der Waals surface area (Å²) in [5, 5.41) is 0. The molecule has 0 spiro atoms. The zero-order valence-corrected chi connectivity index (χ0v) is 15.6. The largest absolute Gasteiger partial charge is 0.417 e. The topological polar surface area (TPSA) is 48.4 Å². The Kier molecular flexibility index (Phi) is 5.23. The summed E-state index contributed by atoms with van der Waals surface area (Å²) in [6.07, 6.45) is 1.43. The molecule has 9 heteroatoms. The van der Waals surface area contributed by atoms with Crippen molar-refractivity contribution in [2.24, 2.45) is 0 Å². The number of rotatable bonds is 3. The first-order chi connectivity index (χ1) is 13.5. The van der Waals surface area contributed by atoms with Crippen molar-refractivity contribution in [3.05, 3.63) is 36.3 Å². The van der Waals surface area contributed by atoms with E-state index in [2.05, 4.69) is 24.8 Å². The monoisotopic (exact) mass is 392 g/mol. The fourth-order valence-electron chi connectivity index (χ4n) is 3.75. The molecular weight excluding hydrogens is 369 g/mol. The molecule has 0 amide bonds. The van der Waals surface area contributed by atoms with Crippen LogP contribution in [0.25, 0.3) is 0 Å².